The van der Waals surface area contributed by atoms with E-state index in [1.165, 1.54) is 12.3 Å². The Morgan fingerprint density at radius 2 is 2.04 bits per heavy atom. The van der Waals surface area contributed by atoms with Crippen LogP contribution in [0.25, 0.3) is 0 Å². The SMILES string of the molecule is COc1cc(CNC(=O)c2ccnc(Cl)c2)ccc1OCCC(C)C. The number of hydrogen-bond acceptors (Lipinski definition) is 4. The van der Waals surface area contributed by atoms with Gasteiger partial charge in [0.05, 0.1) is 13.7 Å². The minimum Gasteiger partial charge on any atom is -0.493 e. The van der Waals surface area contributed by atoms with E-state index in [0.717, 1.165) is 12.0 Å². The van der Waals surface area contributed by atoms with Crippen molar-refractivity contribution in [2.45, 2.75) is 26.8 Å². The van der Waals surface area contributed by atoms with Crippen LogP contribution in [0, 0.1) is 5.92 Å². The largest absolute Gasteiger partial charge is 0.493 e. The van der Waals surface area contributed by atoms with Crippen LogP contribution >= 0.6 is 11.6 Å². The van der Waals surface area contributed by atoms with E-state index in [1.54, 1.807) is 13.2 Å². The molecule has 134 valence electrons. The van der Waals surface area contributed by atoms with Crippen molar-refractivity contribution in [3.63, 3.8) is 0 Å². The number of rotatable bonds is 8. The number of amides is 1. The first-order valence-corrected chi connectivity index (χ1v) is 8.57. The predicted octanol–water partition coefficient (Wildman–Crippen LogP) is 4.10. The van der Waals surface area contributed by atoms with Gasteiger partial charge < -0.3 is 14.8 Å². The molecule has 2 rings (SSSR count). The minimum atomic E-state index is -0.208. The molecule has 1 N–H and O–H groups in total. The van der Waals surface area contributed by atoms with Crippen molar-refractivity contribution in [2.24, 2.45) is 5.92 Å². The van der Waals surface area contributed by atoms with Crippen molar-refractivity contribution in [1.29, 1.82) is 0 Å². The van der Waals surface area contributed by atoms with Gasteiger partial charge in [0.2, 0.25) is 0 Å². The number of nitrogens with zero attached hydrogens (tertiary/aromatic N) is 1. The topological polar surface area (TPSA) is 60.5 Å². The third kappa shape index (κ3) is 5.94. The summed E-state index contributed by atoms with van der Waals surface area (Å²) in [5.74, 6) is 1.74. The van der Waals surface area contributed by atoms with Gasteiger partial charge in [-0.05, 0) is 42.2 Å². The van der Waals surface area contributed by atoms with E-state index in [1.807, 2.05) is 18.2 Å². The Hall–Kier alpha value is -2.27. The lowest BCUT2D eigenvalue weighted by atomic mass is 10.1. The molecule has 1 aromatic carbocycles. The summed E-state index contributed by atoms with van der Waals surface area (Å²) >= 11 is 5.80. The molecule has 0 aliphatic rings. The normalized spacial score (nSPS) is 10.6. The van der Waals surface area contributed by atoms with Crippen molar-refractivity contribution in [3.05, 3.63) is 52.8 Å². The Morgan fingerprint density at radius 3 is 2.72 bits per heavy atom. The maximum atomic E-state index is 12.1. The maximum Gasteiger partial charge on any atom is 0.251 e. The lowest BCUT2D eigenvalue weighted by Crippen LogP contribution is -2.22. The van der Waals surface area contributed by atoms with Crippen LogP contribution in [0.3, 0.4) is 0 Å². The standard InChI is InChI=1S/C19H23ClN2O3/c1-13(2)7-9-25-16-5-4-14(10-17(16)24-3)12-22-19(23)15-6-8-21-18(20)11-15/h4-6,8,10-11,13H,7,9,12H2,1-3H3,(H,22,23). The van der Waals surface area contributed by atoms with Crippen LogP contribution in [0.5, 0.6) is 11.5 Å². The molecule has 0 saturated heterocycles. The number of benzene rings is 1. The zero-order valence-corrected chi connectivity index (χ0v) is 15.5. The third-order valence-electron chi connectivity index (χ3n) is 3.62. The molecule has 5 nitrogen and oxygen atoms in total. The molecule has 1 aromatic heterocycles. The van der Waals surface area contributed by atoms with E-state index in [4.69, 9.17) is 21.1 Å². The monoisotopic (exact) mass is 362 g/mol. The van der Waals surface area contributed by atoms with Crippen LogP contribution in [0.1, 0.15) is 36.2 Å². The summed E-state index contributed by atoms with van der Waals surface area (Å²) < 4.78 is 11.2. The second-order valence-corrected chi connectivity index (χ2v) is 6.45. The summed E-state index contributed by atoms with van der Waals surface area (Å²) in [7, 11) is 1.60. The average Bonchev–Trinajstić information content (AvgIpc) is 2.60. The van der Waals surface area contributed by atoms with Crippen molar-refractivity contribution in [1.82, 2.24) is 10.3 Å². The molecule has 1 heterocycles. The highest BCUT2D eigenvalue weighted by atomic mass is 35.5. The Labute approximate surface area is 153 Å². The lowest BCUT2D eigenvalue weighted by Gasteiger charge is -2.13. The van der Waals surface area contributed by atoms with Gasteiger partial charge in [-0.25, -0.2) is 4.98 Å². The Balaban J connectivity index is 1.97. The number of pyridine rings is 1. The predicted molar refractivity (Wildman–Crippen MR) is 98.4 cm³/mol. The Bertz CT molecular complexity index is 720. The number of aromatic nitrogens is 1. The van der Waals surface area contributed by atoms with Crippen molar-refractivity contribution in [3.8, 4) is 11.5 Å². The van der Waals surface area contributed by atoms with Crippen LogP contribution in [-0.2, 0) is 6.54 Å². The number of carbonyl (C=O) groups is 1. The van der Waals surface area contributed by atoms with Crippen molar-refractivity contribution >= 4 is 17.5 Å². The highest BCUT2D eigenvalue weighted by Gasteiger charge is 2.09. The van der Waals surface area contributed by atoms with E-state index in [2.05, 4.69) is 24.1 Å². The highest BCUT2D eigenvalue weighted by molar-refractivity contribution is 6.29. The molecule has 0 saturated carbocycles. The van der Waals surface area contributed by atoms with Crippen LogP contribution in [0.15, 0.2) is 36.5 Å². The fourth-order valence-electron chi connectivity index (χ4n) is 2.17. The first-order chi connectivity index (χ1) is 12.0. The van der Waals surface area contributed by atoms with Crippen LogP contribution in [0.2, 0.25) is 5.15 Å². The fraction of sp³-hybridized carbons (Fsp3) is 0.368. The van der Waals surface area contributed by atoms with Gasteiger partial charge in [0.15, 0.2) is 11.5 Å². The summed E-state index contributed by atoms with van der Waals surface area (Å²) in [6.45, 7) is 5.33. The van der Waals surface area contributed by atoms with Gasteiger partial charge in [-0.2, -0.15) is 0 Å². The smallest absolute Gasteiger partial charge is 0.251 e. The van der Waals surface area contributed by atoms with E-state index >= 15 is 0 Å². The molecular formula is C19H23ClN2O3. The molecule has 6 heteroatoms. The maximum absolute atomic E-state index is 12.1. The van der Waals surface area contributed by atoms with Gasteiger partial charge in [0, 0.05) is 18.3 Å². The molecule has 0 bridgehead atoms. The summed E-state index contributed by atoms with van der Waals surface area (Å²) in [6, 6.07) is 8.79. The summed E-state index contributed by atoms with van der Waals surface area (Å²) in [5.41, 5.74) is 1.39. The zero-order chi connectivity index (χ0) is 18.2. The van der Waals surface area contributed by atoms with E-state index in [0.29, 0.717) is 36.1 Å². The fourth-order valence-corrected chi connectivity index (χ4v) is 2.35. The van der Waals surface area contributed by atoms with Gasteiger partial charge in [-0.1, -0.05) is 31.5 Å². The van der Waals surface area contributed by atoms with E-state index < -0.39 is 0 Å². The molecule has 25 heavy (non-hydrogen) atoms. The molecule has 1 amide bonds. The first kappa shape index (κ1) is 19.1. The summed E-state index contributed by atoms with van der Waals surface area (Å²) in [6.07, 6.45) is 2.49. The molecule has 0 atom stereocenters. The Morgan fingerprint density at radius 1 is 1.24 bits per heavy atom. The van der Waals surface area contributed by atoms with Gasteiger partial charge >= 0.3 is 0 Å². The van der Waals surface area contributed by atoms with Crippen LogP contribution in [-0.4, -0.2) is 24.6 Å². The number of methoxy groups -OCH3 is 1. The van der Waals surface area contributed by atoms with E-state index in [9.17, 15) is 4.79 Å². The minimum absolute atomic E-state index is 0.208. The van der Waals surface area contributed by atoms with E-state index in [-0.39, 0.29) is 11.1 Å². The van der Waals surface area contributed by atoms with Gasteiger partial charge in [0.25, 0.3) is 5.91 Å². The molecule has 2 aromatic rings. The molecule has 0 aliphatic heterocycles. The number of carbonyl (C=O) groups excluding carboxylic acids is 1. The molecule has 0 spiro atoms. The average molecular weight is 363 g/mol. The second kappa shape index (κ2) is 9.28. The van der Waals surface area contributed by atoms with Crippen molar-refractivity contribution < 1.29 is 14.3 Å². The number of nitrogens with one attached hydrogen (secondary N) is 1. The Kier molecular flexibility index (Phi) is 7.07. The first-order valence-electron chi connectivity index (χ1n) is 8.19. The number of ether oxygens (including phenoxy) is 2. The molecule has 0 aliphatic carbocycles. The summed E-state index contributed by atoms with van der Waals surface area (Å²) in [5, 5.41) is 3.14. The lowest BCUT2D eigenvalue weighted by molar-refractivity contribution is 0.0950. The van der Waals surface area contributed by atoms with Crippen LogP contribution in [0.4, 0.5) is 0 Å². The van der Waals surface area contributed by atoms with Crippen molar-refractivity contribution in [2.75, 3.05) is 13.7 Å². The highest BCUT2D eigenvalue weighted by Crippen LogP contribution is 2.28. The number of hydrogen-bond donors (Lipinski definition) is 1. The van der Waals surface area contributed by atoms with Crippen LogP contribution < -0.4 is 14.8 Å². The van der Waals surface area contributed by atoms with Gasteiger partial charge in [-0.15, -0.1) is 0 Å². The summed E-state index contributed by atoms with van der Waals surface area (Å²) in [4.78, 5) is 16.0. The van der Waals surface area contributed by atoms with Gasteiger partial charge in [-0.3, -0.25) is 4.79 Å². The molecule has 0 fully saturated rings. The third-order valence-corrected chi connectivity index (χ3v) is 3.83. The zero-order valence-electron chi connectivity index (χ0n) is 14.7. The van der Waals surface area contributed by atoms with Gasteiger partial charge in [0.1, 0.15) is 5.15 Å². The molecule has 0 unspecified atom stereocenters. The molecular weight excluding hydrogens is 340 g/mol. The molecule has 0 radical (unpaired) electrons. The number of halogens is 1. The quantitative estimate of drug-likeness (QED) is 0.718. The second-order valence-electron chi connectivity index (χ2n) is 6.07.